The Labute approximate surface area is 132 Å². The van der Waals surface area contributed by atoms with Crippen molar-refractivity contribution in [2.75, 3.05) is 7.11 Å². The van der Waals surface area contributed by atoms with E-state index in [4.69, 9.17) is 4.74 Å². The van der Waals surface area contributed by atoms with Crippen molar-refractivity contribution in [2.24, 2.45) is 11.3 Å². The van der Waals surface area contributed by atoms with Crippen LogP contribution in [0.25, 0.3) is 0 Å². The van der Waals surface area contributed by atoms with Crippen LogP contribution in [-0.4, -0.2) is 23.8 Å². The standard InChI is InChI=1S/C16H18BrNO3/c1-4-6-16(7-5-2)13-11(17)8-10(14(19)21-3)9-12(13)18-15(16)20/h4-5,8-9,11,13H,1-2,6-7H2,3H3,(H,18,20). The second-order valence-corrected chi connectivity index (χ2v) is 6.29. The second kappa shape index (κ2) is 6.02. The van der Waals surface area contributed by atoms with Crippen LogP contribution in [0.1, 0.15) is 12.8 Å². The number of ether oxygens (including phenoxy) is 1. The Kier molecular flexibility index (Phi) is 4.52. The average Bonchev–Trinajstić information content (AvgIpc) is 2.71. The van der Waals surface area contributed by atoms with Crippen molar-refractivity contribution in [2.45, 2.75) is 17.7 Å². The number of hydrogen-bond donors (Lipinski definition) is 1. The van der Waals surface area contributed by atoms with E-state index >= 15 is 0 Å². The van der Waals surface area contributed by atoms with Crippen LogP contribution < -0.4 is 5.32 Å². The van der Waals surface area contributed by atoms with Gasteiger partial charge in [0.25, 0.3) is 0 Å². The number of carbonyl (C=O) groups excluding carboxylic acids is 2. The normalized spacial score (nSPS) is 26.1. The van der Waals surface area contributed by atoms with Gasteiger partial charge in [0, 0.05) is 16.4 Å². The smallest absolute Gasteiger partial charge is 0.337 e. The molecule has 1 amide bonds. The SMILES string of the molecule is C=CCC1(CC=C)C(=O)NC2=CC(C(=O)OC)=CC(Br)C21. The highest BCUT2D eigenvalue weighted by Crippen LogP contribution is 2.50. The van der Waals surface area contributed by atoms with Crippen molar-refractivity contribution in [1.82, 2.24) is 5.32 Å². The van der Waals surface area contributed by atoms with Gasteiger partial charge in [-0.15, -0.1) is 13.2 Å². The Morgan fingerprint density at radius 3 is 2.62 bits per heavy atom. The summed E-state index contributed by atoms with van der Waals surface area (Å²) in [5.74, 6) is -0.540. The fraction of sp³-hybridized carbons (Fsp3) is 0.375. The lowest BCUT2D eigenvalue weighted by molar-refractivity contribution is -0.135. The number of esters is 1. The van der Waals surface area contributed by atoms with Crippen LogP contribution in [0.5, 0.6) is 0 Å². The molecule has 0 aromatic carbocycles. The lowest BCUT2D eigenvalue weighted by atomic mass is 9.68. The zero-order chi connectivity index (χ0) is 15.6. The third kappa shape index (κ3) is 2.50. The lowest BCUT2D eigenvalue weighted by Crippen LogP contribution is -2.38. The van der Waals surface area contributed by atoms with Crippen LogP contribution in [0, 0.1) is 11.3 Å². The van der Waals surface area contributed by atoms with Crippen LogP contribution in [0.4, 0.5) is 0 Å². The molecule has 1 heterocycles. The average molecular weight is 352 g/mol. The zero-order valence-corrected chi connectivity index (χ0v) is 13.5. The van der Waals surface area contributed by atoms with Crippen molar-refractivity contribution in [3.05, 3.63) is 48.7 Å². The van der Waals surface area contributed by atoms with Crippen molar-refractivity contribution < 1.29 is 14.3 Å². The molecule has 1 saturated heterocycles. The van der Waals surface area contributed by atoms with Crippen LogP contribution in [0.3, 0.4) is 0 Å². The van der Waals surface area contributed by atoms with Crippen molar-refractivity contribution in [3.8, 4) is 0 Å². The summed E-state index contributed by atoms with van der Waals surface area (Å²) in [4.78, 5) is 24.1. The Balaban J connectivity index is 2.45. The number of amides is 1. The highest BCUT2D eigenvalue weighted by atomic mass is 79.9. The van der Waals surface area contributed by atoms with Crippen LogP contribution in [0.2, 0.25) is 0 Å². The molecule has 2 atom stereocenters. The van der Waals surface area contributed by atoms with Gasteiger partial charge in [-0.05, 0) is 18.9 Å². The van der Waals surface area contributed by atoms with E-state index in [0.717, 1.165) is 5.70 Å². The number of alkyl halides is 1. The molecular weight excluding hydrogens is 334 g/mol. The van der Waals surface area contributed by atoms with Gasteiger partial charge in [0.05, 0.1) is 18.1 Å². The number of nitrogens with one attached hydrogen (secondary N) is 1. The topological polar surface area (TPSA) is 55.4 Å². The van der Waals surface area contributed by atoms with E-state index in [1.807, 2.05) is 0 Å². The summed E-state index contributed by atoms with van der Waals surface area (Å²) < 4.78 is 4.74. The molecule has 21 heavy (non-hydrogen) atoms. The van der Waals surface area contributed by atoms with Crippen LogP contribution in [0.15, 0.2) is 48.7 Å². The summed E-state index contributed by atoms with van der Waals surface area (Å²) in [5.41, 5.74) is 0.578. The maximum absolute atomic E-state index is 12.5. The van der Waals surface area contributed by atoms with Crippen LogP contribution in [-0.2, 0) is 14.3 Å². The van der Waals surface area contributed by atoms with E-state index in [-0.39, 0.29) is 16.7 Å². The van der Waals surface area contributed by atoms with Crippen molar-refractivity contribution in [3.63, 3.8) is 0 Å². The second-order valence-electron chi connectivity index (χ2n) is 5.23. The molecule has 1 N–H and O–H groups in total. The van der Waals surface area contributed by atoms with Crippen molar-refractivity contribution >= 4 is 27.8 Å². The molecule has 0 spiro atoms. The number of hydrogen-bond acceptors (Lipinski definition) is 3. The van der Waals surface area contributed by atoms with Gasteiger partial charge in [-0.3, -0.25) is 4.79 Å². The molecule has 0 aromatic rings. The molecule has 2 aliphatic rings. The summed E-state index contributed by atoms with van der Waals surface area (Å²) in [6, 6.07) is 0. The maximum atomic E-state index is 12.5. The summed E-state index contributed by atoms with van der Waals surface area (Å²) in [6.07, 6.45) is 8.10. The molecule has 0 saturated carbocycles. The molecule has 0 aromatic heterocycles. The minimum absolute atomic E-state index is 0.0532. The highest BCUT2D eigenvalue weighted by Gasteiger charge is 2.54. The van der Waals surface area contributed by atoms with Crippen molar-refractivity contribution in [1.29, 1.82) is 0 Å². The largest absolute Gasteiger partial charge is 0.465 e. The Morgan fingerprint density at radius 1 is 1.48 bits per heavy atom. The zero-order valence-electron chi connectivity index (χ0n) is 11.9. The number of allylic oxidation sites excluding steroid dienone is 4. The Hall–Kier alpha value is -1.62. The van der Waals surface area contributed by atoms with Gasteiger partial charge in [-0.2, -0.15) is 0 Å². The molecule has 5 heteroatoms. The molecule has 1 fully saturated rings. The van der Waals surface area contributed by atoms with E-state index in [9.17, 15) is 9.59 Å². The molecule has 1 aliphatic carbocycles. The molecule has 112 valence electrons. The number of carbonyl (C=O) groups is 2. The molecule has 0 radical (unpaired) electrons. The predicted octanol–water partition coefficient (Wildman–Crippen LogP) is 2.63. The quantitative estimate of drug-likeness (QED) is 0.470. The van der Waals surface area contributed by atoms with E-state index in [1.165, 1.54) is 7.11 Å². The summed E-state index contributed by atoms with van der Waals surface area (Å²) >= 11 is 3.59. The first-order chi connectivity index (χ1) is 10.00. The van der Waals surface area contributed by atoms with E-state index < -0.39 is 11.4 Å². The first-order valence-corrected chi connectivity index (χ1v) is 7.60. The first-order valence-electron chi connectivity index (χ1n) is 6.69. The molecule has 0 bridgehead atoms. The van der Waals surface area contributed by atoms with Gasteiger partial charge in [0.15, 0.2) is 0 Å². The minimum atomic E-state index is -0.609. The molecule has 4 nitrogen and oxygen atoms in total. The van der Waals surface area contributed by atoms with E-state index in [2.05, 4.69) is 34.4 Å². The summed E-state index contributed by atoms with van der Waals surface area (Å²) in [7, 11) is 1.34. The van der Waals surface area contributed by atoms with Gasteiger partial charge >= 0.3 is 5.97 Å². The van der Waals surface area contributed by atoms with Gasteiger partial charge in [0.1, 0.15) is 0 Å². The Bertz CT molecular complexity index is 552. The van der Waals surface area contributed by atoms with Gasteiger partial charge in [-0.1, -0.05) is 34.2 Å². The van der Waals surface area contributed by atoms with Gasteiger partial charge in [0.2, 0.25) is 5.91 Å². The van der Waals surface area contributed by atoms with Gasteiger partial charge < -0.3 is 10.1 Å². The van der Waals surface area contributed by atoms with E-state index in [1.54, 1.807) is 24.3 Å². The molecule has 2 unspecified atom stereocenters. The monoisotopic (exact) mass is 351 g/mol. The third-order valence-electron chi connectivity index (χ3n) is 4.05. The molecule has 1 aliphatic heterocycles. The van der Waals surface area contributed by atoms with E-state index in [0.29, 0.717) is 18.4 Å². The number of rotatable bonds is 5. The maximum Gasteiger partial charge on any atom is 0.337 e. The molecule has 2 rings (SSSR count). The third-order valence-corrected chi connectivity index (χ3v) is 4.84. The number of halogens is 1. The lowest BCUT2D eigenvalue weighted by Gasteiger charge is -2.34. The number of methoxy groups -OCH3 is 1. The fourth-order valence-corrected chi connectivity index (χ4v) is 4.22. The van der Waals surface area contributed by atoms with Crippen LogP contribution >= 0.6 is 15.9 Å². The Morgan fingerprint density at radius 2 is 2.10 bits per heavy atom. The summed E-state index contributed by atoms with van der Waals surface area (Å²) in [5, 5.41) is 2.90. The highest BCUT2D eigenvalue weighted by molar-refractivity contribution is 9.09. The first kappa shape index (κ1) is 15.8. The predicted molar refractivity (Wildman–Crippen MR) is 84.6 cm³/mol. The minimum Gasteiger partial charge on any atom is -0.465 e. The summed E-state index contributed by atoms with van der Waals surface area (Å²) in [6.45, 7) is 7.53. The molecular formula is C16H18BrNO3. The number of fused-ring (bicyclic) bond motifs is 1. The van der Waals surface area contributed by atoms with Gasteiger partial charge in [-0.25, -0.2) is 4.79 Å². The fourth-order valence-electron chi connectivity index (χ4n) is 3.14.